The van der Waals surface area contributed by atoms with Crippen LogP contribution in [0.25, 0.3) is 11.3 Å². The Labute approximate surface area is 155 Å². The van der Waals surface area contributed by atoms with Gasteiger partial charge in [0, 0.05) is 5.56 Å². The molecule has 4 N–H and O–H groups in total. The van der Waals surface area contributed by atoms with Crippen LogP contribution >= 0.6 is 0 Å². The number of nitrogens with zero attached hydrogens (tertiary/aromatic N) is 3. The largest absolute Gasteiger partial charge is 0.493 e. The second-order valence-corrected chi connectivity index (χ2v) is 5.59. The van der Waals surface area contributed by atoms with E-state index in [1.54, 1.807) is 30.3 Å². The number of nitrogen functional groups attached to an aromatic ring is 2. The van der Waals surface area contributed by atoms with Crippen LogP contribution in [-0.4, -0.2) is 17.1 Å². The van der Waals surface area contributed by atoms with Gasteiger partial charge in [-0.25, -0.2) is 9.37 Å². The van der Waals surface area contributed by atoms with Crippen LogP contribution in [0.1, 0.15) is 11.1 Å². The molecule has 0 atom stereocenters. The Morgan fingerprint density at radius 2 is 1.93 bits per heavy atom. The maximum atomic E-state index is 13.3. The molecule has 3 aromatic rings. The van der Waals surface area contributed by atoms with Gasteiger partial charge >= 0.3 is 0 Å². The number of hydrogen-bond acceptors (Lipinski definition) is 7. The van der Waals surface area contributed by atoms with Crippen molar-refractivity contribution in [3.8, 4) is 28.8 Å². The second kappa shape index (κ2) is 7.58. The number of hydrogen-bond donors (Lipinski definition) is 2. The Morgan fingerprint density at radius 1 is 1.11 bits per heavy atom. The van der Waals surface area contributed by atoms with Crippen LogP contribution in [0.2, 0.25) is 0 Å². The Kier molecular flexibility index (Phi) is 5.04. The zero-order valence-corrected chi connectivity index (χ0v) is 14.4. The van der Waals surface area contributed by atoms with Crippen molar-refractivity contribution < 1.29 is 13.9 Å². The third-order valence-corrected chi connectivity index (χ3v) is 3.79. The predicted octanol–water partition coefficient (Wildman–Crippen LogP) is 2.91. The maximum absolute atomic E-state index is 13.3. The first-order valence-electron chi connectivity index (χ1n) is 7.90. The molecule has 0 saturated heterocycles. The lowest BCUT2D eigenvalue weighted by Gasteiger charge is -2.13. The van der Waals surface area contributed by atoms with Gasteiger partial charge in [0.05, 0.1) is 12.8 Å². The van der Waals surface area contributed by atoms with E-state index in [0.29, 0.717) is 28.3 Å². The van der Waals surface area contributed by atoms with Gasteiger partial charge in [-0.2, -0.15) is 10.2 Å². The highest BCUT2D eigenvalue weighted by Crippen LogP contribution is 2.34. The standard InChI is InChI=1S/C19H16FN5O2/c1-26-16-8-12(17-14(9-21)18(22)25-19(23)24-17)5-6-15(16)27-10-11-3-2-4-13(20)7-11/h2-8H,10H2,1H3,(H4,22,23,24,25). The fourth-order valence-corrected chi connectivity index (χ4v) is 2.54. The molecule has 27 heavy (non-hydrogen) atoms. The Morgan fingerprint density at radius 3 is 2.63 bits per heavy atom. The van der Waals surface area contributed by atoms with Gasteiger partial charge in [0.1, 0.15) is 29.9 Å². The number of ether oxygens (including phenoxy) is 2. The minimum Gasteiger partial charge on any atom is -0.493 e. The molecule has 8 heteroatoms. The van der Waals surface area contributed by atoms with E-state index in [1.165, 1.54) is 19.2 Å². The molecule has 0 bridgehead atoms. The van der Waals surface area contributed by atoms with Crippen molar-refractivity contribution in [2.75, 3.05) is 18.6 Å². The van der Waals surface area contributed by atoms with E-state index < -0.39 is 0 Å². The number of methoxy groups -OCH3 is 1. The summed E-state index contributed by atoms with van der Waals surface area (Å²) in [5.41, 5.74) is 13.1. The number of benzene rings is 2. The summed E-state index contributed by atoms with van der Waals surface area (Å²) < 4.78 is 24.4. The SMILES string of the molecule is COc1cc(-c2nc(N)nc(N)c2C#N)ccc1OCc1cccc(F)c1. The monoisotopic (exact) mass is 365 g/mol. The minimum absolute atomic E-state index is 0.00500. The smallest absolute Gasteiger partial charge is 0.222 e. The second-order valence-electron chi connectivity index (χ2n) is 5.59. The molecule has 2 aromatic carbocycles. The van der Waals surface area contributed by atoms with Gasteiger partial charge in [0.2, 0.25) is 5.95 Å². The summed E-state index contributed by atoms with van der Waals surface area (Å²) in [6.45, 7) is 0.171. The first kappa shape index (κ1) is 17.9. The Bertz CT molecular complexity index is 1030. The predicted molar refractivity (Wildman–Crippen MR) is 98.3 cm³/mol. The van der Waals surface area contributed by atoms with Gasteiger partial charge in [-0.1, -0.05) is 12.1 Å². The molecule has 0 aliphatic heterocycles. The van der Waals surface area contributed by atoms with Gasteiger partial charge in [-0.05, 0) is 35.9 Å². The van der Waals surface area contributed by atoms with Crippen molar-refractivity contribution in [2.45, 2.75) is 6.61 Å². The summed E-state index contributed by atoms with van der Waals surface area (Å²) in [6.07, 6.45) is 0. The number of anilines is 2. The summed E-state index contributed by atoms with van der Waals surface area (Å²) in [7, 11) is 1.49. The highest BCUT2D eigenvalue weighted by molar-refractivity contribution is 5.74. The van der Waals surface area contributed by atoms with Gasteiger partial charge in [-0.15, -0.1) is 0 Å². The average Bonchev–Trinajstić information content (AvgIpc) is 2.65. The third kappa shape index (κ3) is 3.88. The lowest BCUT2D eigenvalue weighted by molar-refractivity contribution is 0.284. The summed E-state index contributed by atoms with van der Waals surface area (Å²) in [6, 6.07) is 13.1. The molecular formula is C19H16FN5O2. The first-order chi connectivity index (χ1) is 13.0. The molecule has 0 saturated carbocycles. The van der Waals surface area contributed by atoms with Gasteiger partial charge in [0.25, 0.3) is 0 Å². The molecule has 1 heterocycles. The van der Waals surface area contributed by atoms with Crippen molar-refractivity contribution in [1.29, 1.82) is 5.26 Å². The topological polar surface area (TPSA) is 120 Å². The number of rotatable bonds is 5. The van der Waals surface area contributed by atoms with E-state index in [9.17, 15) is 9.65 Å². The van der Waals surface area contributed by atoms with E-state index >= 15 is 0 Å². The van der Waals surface area contributed by atoms with E-state index in [4.69, 9.17) is 20.9 Å². The molecule has 0 amide bonds. The maximum Gasteiger partial charge on any atom is 0.222 e. The van der Waals surface area contributed by atoms with Crippen molar-refractivity contribution in [3.63, 3.8) is 0 Å². The molecule has 0 unspecified atom stereocenters. The van der Waals surface area contributed by atoms with Crippen LogP contribution in [0.3, 0.4) is 0 Å². The van der Waals surface area contributed by atoms with Gasteiger partial charge in [0.15, 0.2) is 11.5 Å². The van der Waals surface area contributed by atoms with Crippen LogP contribution in [0.15, 0.2) is 42.5 Å². The lowest BCUT2D eigenvalue weighted by Crippen LogP contribution is -2.05. The highest BCUT2D eigenvalue weighted by atomic mass is 19.1. The zero-order chi connectivity index (χ0) is 19.4. The van der Waals surface area contributed by atoms with Crippen molar-refractivity contribution in [2.24, 2.45) is 0 Å². The molecule has 0 aliphatic carbocycles. The molecule has 3 rings (SSSR count). The molecule has 1 aromatic heterocycles. The summed E-state index contributed by atoms with van der Waals surface area (Å²) in [5.74, 6) is 0.515. The van der Waals surface area contributed by atoms with Crippen LogP contribution in [0, 0.1) is 17.1 Å². The molecule has 136 valence electrons. The van der Waals surface area contributed by atoms with Crippen LogP contribution in [0.4, 0.5) is 16.2 Å². The average molecular weight is 365 g/mol. The van der Waals surface area contributed by atoms with Crippen LogP contribution in [-0.2, 0) is 6.61 Å². The minimum atomic E-state index is -0.332. The van der Waals surface area contributed by atoms with E-state index in [1.807, 2.05) is 6.07 Å². The fourth-order valence-electron chi connectivity index (χ4n) is 2.54. The summed E-state index contributed by atoms with van der Waals surface area (Å²) in [5, 5.41) is 9.33. The number of aromatic nitrogens is 2. The van der Waals surface area contributed by atoms with Crippen molar-refractivity contribution in [1.82, 2.24) is 9.97 Å². The molecule has 7 nitrogen and oxygen atoms in total. The normalized spacial score (nSPS) is 10.3. The Hall–Kier alpha value is -3.86. The number of nitrogens with two attached hydrogens (primary N) is 2. The highest BCUT2D eigenvalue weighted by Gasteiger charge is 2.15. The van der Waals surface area contributed by atoms with Gasteiger partial charge in [-0.3, -0.25) is 0 Å². The number of nitriles is 1. The molecule has 0 fully saturated rings. The fraction of sp³-hybridized carbons (Fsp3) is 0.105. The number of halogens is 1. The van der Waals surface area contributed by atoms with Gasteiger partial charge < -0.3 is 20.9 Å². The van der Waals surface area contributed by atoms with Crippen LogP contribution in [0.5, 0.6) is 11.5 Å². The van der Waals surface area contributed by atoms with Crippen molar-refractivity contribution in [3.05, 3.63) is 59.4 Å². The van der Waals surface area contributed by atoms with Crippen molar-refractivity contribution >= 4 is 11.8 Å². The molecular weight excluding hydrogens is 349 g/mol. The van der Waals surface area contributed by atoms with E-state index in [2.05, 4.69) is 9.97 Å². The molecule has 0 spiro atoms. The first-order valence-corrected chi connectivity index (χ1v) is 7.90. The van der Waals surface area contributed by atoms with E-state index in [0.717, 1.165) is 0 Å². The van der Waals surface area contributed by atoms with E-state index in [-0.39, 0.29) is 29.8 Å². The molecule has 0 radical (unpaired) electrons. The lowest BCUT2D eigenvalue weighted by atomic mass is 10.1. The van der Waals surface area contributed by atoms with Crippen LogP contribution < -0.4 is 20.9 Å². The zero-order valence-electron chi connectivity index (χ0n) is 14.4. The summed E-state index contributed by atoms with van der Waals surface area (Å²) >= 11 is 0. The summed E-state index contributed by atoms with van der Waals surface area (Å²) in [4.78, 5) is 7.91. The third-order valence-electron chi connectivity index (χ3n) is 3.79. The quantitative estimate of drug-likeness (QED) is 0.713. The molecule has 0 aliphatic rings. The Balaban J connectivity index is 1.92.